The zero-order chi connectivity index (χ0) is 22.4. The summed E-state index contributed by atoms with van der Waals surface area (Å²) in [6.07, 6.45) is -0.500. The van der Waals surface area contributed by atoms with E-state index >= 15 is 0 Å². The lowest BCUT2D eigenvalue weighted by Crippen LogP contribution is -2.30. The van der Waals surface area contributed by atoms with E-state index in [0.717, 1.165) is 30.2 Å². The summed E-state index contributed by atoms with van der Waals surface area (Å²) in [5.74, 6) is -0.950. The summed E-state index contributed by atoms with van der Waals surface area (Å²) < 4.78 is 43.4. The quantitative estimate of drug-likeness (QED) is 0.740. The average molecular weight is 458 g/mol. The van der Waals surface area contributed by atoms with Gasteiger partial charge in [-0.05, 0) is 35.9 Å². The summed E-state index contributed by atoms with van der Waals surface area (Å²) in [5, 5.41) is 9.07. The second-order valence-corrected chi connectivity index (χ2v) is 8.06. The average Bonchev–Trinajstić information content (AvgIpc) is 3.47. The number of ether oxygens (including phenoxy) is 2. The lowest BCUT2D eigenvalue weighted by atomic mass is 9.91. The largest absolute Gasteiger partial charge is 0.492 e. The molecule has 11 heteroatoms. The number of hydrogen-bond donors (Lipinski definition) is 1. The molecular weight excluding hydrogens is 437 g/mol. The smallest absolute Gasteiger partial charge is 0.490 e. The van der Waals surface area contributed by atoms with Crippen LogP contribution < -0.4 is 4.74 Å². The molecule has 1 N–H and O–H groups in total. The van der Waals surface area contributed by atoms with Gasteiger partial charge in [0.05, 0.1) is 30.4 Å². The van der Waals surface area contributed by atoms with Crippen LogP contribution >= 0.6 is 11.3 Å². The monoisotopic (exact) mass is 458 g/mol. The Kier molecular flexibility index (Phi) is 7.50. The van der Waals surface area contributed by atoms with Gasteiger partial charge in [-0.2, -0.15) is 13.2 Å². The Labute approximate surface area is 180 Å². The molecule has 2 aliphatic heterocycles. The highest BCUT2D eigenvalue weighted by Crippen LogP contribution is 2.36. The number of carbonyl (C=O) groups excluding carboxylic acids is 1. The minimum atomic E-state index is -5.08. The Hall–Kier alpha value is -2.66. The summed E-state index contributed by atoms with van der Waals surface area (Å²) in [5.41, 5.74) is 0. The number of thiophene rings is 1. The normalized spacial score (nSPS) is 22.4. The molecule has 0 bridgehead atoms. The molecule has 2 saturated heterocycles. The van der Waals surface area contributed by atoms with Gasteiger partial charge in [-0.25, -0.2) is 4.79 Å². The van der Waals surface area contributed by atoms with Crippen LogP contribution in [0.1, 0.15) is 16.1 Å². The number of halogens is 3. The lowest BCUT2D eigenvalue weighted by Gasteiger charge is -2.19. The third-order valence-corrected chi connectivity index (χ3v) is 5.95. The zero-order valence-corrected chi connectivity index (χ0v) is 17.1. The molecule has 4 rings (SSSR count). The minimum Gasteiger partial charge on any atom is -0.492 e. The van der Waals surface area contributed by atoms with E-state index in [9.17, 15) is 18.0 Å². The highest BCUT2D eigenvalue weighted by atomic mass is 32.1. The first-order chi connectivity index (χ1) is 14.8. The number of carboxylic acids is 1. The minimum absolute atomic E-state index is 0.133. The number of pyridine rings is 1. The van der Waals surface area contributed by atoms with E-state index in [2.05, 4.69) is 4.98 Å². The van der Waals surface area contributed by atoms with Gasteiger partial charge in [-0.15, -0.1) is 11.3 Å². The molecule has 0 saturated carbocycles. The highest BCUT2D eigenvalue weighted by molar-refractivity contribution is 7.12. The first-order valence-electron chi connectivity index (χ1n) is 9.53. The molecule has 0 unspecified atom stereocenters. The second kappa shape index (κ2) is 10.1. The number of fused-ring (bicyclic) bond motifs is 1. The van der Waals surface area contributed by atoms with Crippen LogP contribution in [0.15, 0.2) is 42.0 Å². The molecule has 7 nitrogen and oxygen atoms in total. The topological polar surface area (TPSA) is 89.0 Å². The van der Waals surface area contributed by atoms with E-state index in [0.29, 0.717) is 25.0 Å². The molecule has 2 aromatic heterocycles. The first kappa shape index (κ1) is 23.0. The van der Waals surface area contributed by atoms with Crippen LogP contribution in [0.25, 0.3) is 0 Å². The third-order valence-electron chi connectivity index (χ3n) is 5.09. The number of hydrogen-bond acceptors (Lipinski definition) is 6. The van der Waals surface area contributed by atoms with Gasteiger partial charge in [0, 0.05) is 25.2 Å². The molecule has 2 aromatic rings. The van der Waals surface area contributed by atoms with Crippen molar-refractivity contribution in [1.82, 2.24) is 9.88 Å². The van der Waals surface area contributed by atoms with Crippen LogP contribution in [0.4, 0.5) is 13.2 Å². The fourth-order valence-corrected chi connectivity index (χ4v) is 4.27. The Morgan fingerprint density at radius 1 is 1.29 bits per heavy atom. The van der Waals surface area contributed by atoms with Crippen molar-refractivity contribution in [1.29, 1.82) is 0 Å². The number of rotatable bonds is 5. The van der Waals surface area contributed by atoms with Crippen LogP contribution in [0.5, 0.6) is 5.75 Å². The van der Waals surface area contributed by atoms with Crippen molar-refractivity contribution in [3.8, 4) is 5.75 Å². The van der Waals surface area contributed by atoms with E-state index < -0.39 is 12.1 Å². The van der Waals surface area contributed by atoms with Crippen molar-refractivity contribution < 1.29 is 37.3 Å². The van der Waals surface area contributed by atoms with E-state index in [1.807, 2.05) is 34.5 Å². The van der Waals surface area contributed by atoms with Crippen molar-refractivity contribution >= 4 is 23.2 Å². The van der Waals surface area contributed by atoms with Gasteiger partial charge in [-0.3, -0.25) is 9.78 Å². The summed E-state index contributed by atoms with van der Waals surface area (Å²) in [6.45, 7) is 2.93. The Bertz CT molecular complexity index is 863. The van der Waals surface area contributed by atoms with Crippen molar-refractivity contribution in [2.45, 2.75) is 18.7 Å². The molecule has 31 heavy (non-hydrogen) atoms. The van der Waals surface area contributed by atoms with Gasteiger partial charge >= 0.3 is 12.1 Å². The molecule has 4 heterocycles. The van der Waals surface area contributed by atoms with Crippen LogP contribution in [-0.2, 0) is 9.53 Å². The maximum Gasteiger partial charge on any atom is 0.490 e. The van der Waals surface area contributed by atoms with Crippen LogP contribution in [-0.4, -0.2) is 65.5 Å². The molecule has 3 atom stereocenters. The first-order valence-corrected chi connectivity index (χ1v) is 10.4. The van der Waals surface area contributed by atoms with E-state index in [-0.39, 0.29) is 12.0 Å². The number of carboxylic acid groups (broad SMARTS) is 1. The van der Waals surface area contributed by atoms with Gasteiger partial charge in [0.1, 0.15) is 5.75 Å². The molecule has 2 aliphatic rings. The fourth-order valence-electron chi connectivity index (χ4n) is 3.58. The second-order valence-electron chi connectivity index (χ2n) is 7.11. The molecule has 168 valence electrons. The summed E-state index contributed by atoms with van der Waals surface area (Å²) in [6, 6.07) is 7.60. The predicted molar refractivity (Wildman–Crippen MR) is 105 cm³/mol. The van der Waals surface area contributed by atoms with Crippen molar-refractivity contribution in [2.24, 2.45) is 11.8 Å². The van der Waals surface area contributed by atoms with Crippen LogP contribution in [0, 0.1) is 11.8 Å². The standard InChI is InChI=1S/C18H20N2O3S.C2HF3O2/c21-18(17-4-2-8-24-17)20-10-15-13(12-23-16(15)11-20)5-7-22-14-3-1-6-19-9-14;3-2(4,5)1(6)7/h1-4,6,8-9,13,15-16H,5,7,10-12H2;(H,6,7)/t13-,15-,16-;/m0./s1. The number of aromatic nitrogens is 1. The third kappa shape index (κ3) is 6.17. The van der Waals surface area contributed by atoms with Crippen molar-refractivity contribution in [3.63, 3.8) is 0 Å². The molecular formula is C20H21F3N2O5S. The van der Waals surface area contributed by atoms with Crippen molar-refractivity contribution in [2.75, 3.05) is 26.3 Å². The zero-order valence-electron chi connectivity index (χ0n) is 16.3. The Morgan fingerprint density at radius 2 is 2.06 bits per heavy atom. The molecule has 1 amide bonds. The highest BCUT2D eigenvalue weighted by Gasteiger charge is 2.45. The molecule has 2 fully saturated rings. The molecule has 0 aromatic carbocycles. The van der Waals surface area contributed by atoms with Crippen LogP contribution in [0.2, 0.25) is 0 Å². The Morgan fingerprint density at radius 3 is 2.68 bits per heavy atom. The number of nitrogens with zero attached hydrogens (tertiary/aromatic N) is 2. The van der Waals surface area contributed by atoms with Gasteiger partial charge in [0.15, 0.2) is 0 Å². The summed E-state index contributed by atoms with van der Waals surface area (Å²) >= 11 is 1.50. The lowest BCUT2D eigenvalue weighted by molar-refractivity contribution is -0.192. The van der Waals surface area contributed by atoms with Crippen molar-refractivity contribution in [3.05, 3.63) is 46.9 Å². The SMILES string of the molecule is O=C(O)C(F)(F)F.O=C(c1cccs1)N1C[C@H]2[C@@H](CCOc3cccnc3)CO[C@H]2C1. The fraction of sp³-hybridized carbons (Fsp3) is 0.450. The summed E-state index contributed by atoms with van der Waals surface area (Å²) in [7, 11) is 0. The van der Waals surface area contributed by atoms with Gasteiger partial charge in [-0.1, -0.05) is 6.07 Å². The summed E-state index contributed by atoms with van der Waals surface area (Å²) in [4.78, 5) is 28.2. The predicted octanol–water partition coefficient (Wildman–Crippen LogP) is 3.33. The number of alkyl halides is 3. The molecule has 0 radical (unpaired) electrons. The van der Waals surface area contributed by atoms with Crippen LogP contribution in [0.3, 0.4) is 0 Å². The van der Waals surface area contributed by atoms with E-state index in [4.69, 9.17) is 19.4 Å². The molecule has 0 aliphatic carbocycles. The molecule has 0 spiro atoms. The number of carbonyl (C=O) groups is 2. The Balaban J connectivity index is 0.000000339. The van der Waals surface area contributed by atoms with E-state index in [1.165, 1.54) is 11.3 Å². The number of amides is 1. The van der Waals surface area contributed by atoms with Gasteiger partial charge < -0.3 is 19.5 Å². The van der Waals surface area contributed by atoms with E-state index in [1.54, 1.807) is 12.4 Å². The maximum absolute atomic E-state index is 12.5. The maximum atomic E-state index is 12.5. The van der Waals surface area contributed by atoms with Gasteiger partial charge in [0.2, 0.25) is 0 Å². The van der Waals surface area contributed by atoms with Gasteiger partial charge in [0.25, 0.3) is 5.91 Å². The number of likely N-dealkylation sites (tertiary alicyclic amines) is 1. The number of aliphatic carboxylic acids is 1.